The molecule has 13 nitrogen and oxygen atoms in total. The van der Waals surface area contributed by atoms with Gasteiger partial charge in [0.05, 0.1) is 19.0 Å². The fraction of sp³-hybridized carbons (Fsp3) is 0.649. The number of hydrogen-bond donors (Lipinski definition) is 3. The molecule has 272 valence electrons. The van der Waals surface area contributed by atoms with Crippen molar-refractivity contribution in [2.45, 2.75) is 121 Å². The highest BCUT2D eigenvalue weighted by Gasteiger charge is 2.41. The molecule has 3 fully saturated rings. The van der Waals surface area contributed by atoms with Crippen LogP contribution in [0.1, 0.15) is 101 Å². The van der Waals surface area contributed by atoms with E-state index in [-0.39, 0.29) is 42.0 Å². The van der Waals surface area contributed by atoms with E-state index in [0.717, 1.165) is 83.1 Å². The Hall–Kier alpha value is -3.97. The summed E-state index contributed by atoms with van der Waals surface area (Å²) in [6, 6.07) is 5.36. The van der Waals surface area contributed by atoms with Crippen molar-refractivity contribution in [3.63, 3.8) is 0 Å². The second-order valence-electron chi connectivity index (χ2n) is 14.7. The van der Waals surface area contributed by atoms with Crippen molar-refractivity contribution in [3.8, 4) is 5.75 Å². The SMILES string of the molecule is CC[C@@H]1C(=O)N(C)c2cnc(Nc3ccc(C(=O)NC4CCN(CC[C@](C)(N)C(=O)OC5CCCC5)CC4)cc3OC)nc2N1C1CCCC1. The van der Waals surface area contributed by atoms with Gasteiger partial charge in [0.1, 0.15) is 29.1 Å². The molecule has 4 N–H and O–H groups in total. The Kier molecular flexibility index (Phi) is 11.1. The molecule has 0 bridgehead atoms. The number of nitrogens with two attached hydrogens (primary N) is 1. The summed E-state index contributed by atoms with van der Waals surface area (Å²) in [4.78, 5) is 54.9. The van der Waals surface area contributed by atoms with Crippen molar-refractivity contribution in [2.75, 3.05) is 48.9 Å². The predicted molar refractivity (Wildman–Crippen MR) is 193 cm³/mol. The normalized spacial score (nSPS) is 21.9. The highest BCUT2D eigenvalue weighted by molar-refractivity contribution is 6.04. The number of nitrogens with one attached hydrogen (secondary N) is 2. The minimum atomic E-state index is -1.01. The van der Waals surface area contributed by atoms with Crippen LogP contribution in [0, 0.1) is 0 Å². The van der Waals surface area contributed by atoms with E-state index in [9.17, 15) is 14.4 Å². The third-order valence-electron chi connectivity index (χ3n) is 11.0. The van der Waals surface area contributed by atoms with Crippen LogP contribution in [0.15, 0.2) is 24.4 Å². The van der Waals surface area contributed by atoms with Crippen LogP contribution in [0.2, 0.25) is 0 Å². The summed E-state index contributed by atoms with van der Waals surface area (Å²) in [5.74, 6) is 1.27. The Balaban J connectivity index is 1.04. The van der Waals surface area contributed by atoms with Crippen molar-refractivity contribution in [1.29, 1.82) is 0 Å². The number of benzene rings is 1. The number of ether oxygens (including phenoxy) is 2. The van der Waals surface area contributed by atoms with Gasteiger partial charge in [-0.1, -0.05) is 19.8 Å². The Morgan fingerprint density at radius 1 is 1.06 bits per heavy atom. The summed E-state index contributed by atoms with van der Waals surface area (Å²) >= 11 is 0. The second kappa shape index (κ2) is 15.5. The maximum Gasteiger partial charge on any atom is 0.326 e. The molecule has 1 saturated heterocycles. The Morgan fingerprint density at radius 2 is 1.76 bits per heavy atom. The minimum absolute atomic E-state index is 0.0121. The molecule has 2 aromatic rings. The van der Waals surface area contributed by atoms with Crippen LogP contribution in [0.4, 0.5) is 23.1 Å². The van der Waals surface area contributed by atoms with Gasteiger partial charge in [0.2, 0.25) is 11.9 Å². The third-order valence-corrected chi connectivity index (χ3v) is 11.0. The molecule has 1 aromatic heterocycles. The van der Waals surface area contributed by atoms with E-state index in [0.29, 0.717) is 48.0 Å². The van der Waals surface area contributed by atoms with Gasteiger partial charge < -0.3 is 40.5 Å². The summed E-state index contributed by atoms with van der Waals surface area (Å²) in [5.41, 5.74) is 7.20. The number of carbonyl (C=O) groups is 3. The molecule has 13 heteroatoms. The van der Waals surface area contributed by atoms with E-state index in [1.807, 2.05) is 6.92 Å². The van der Waals surface area contributed by atoms with Crippen molar-refractivity contribution >= 4 is 40.9 Å². The topological polar surface area (TPSA) is 155 Å². The molecular formula is C37H54N8O5. The lowest BCUT2D eigenvalue weighted by Gasteiger charge is -2.43. The molecule has 1 aromatic carbocycles. The molecule has 2 saturated carbocycles. The first-order valence-electron chi connectivity index (χ1n) is 18.5. The molecular weight excluding hydrogens is 636 g/mol. The van der Waals surface area contributed by atoms with Gasteiger partial charge in [-0.25, -0.2) is 4.98 Å². The summed E-state index contributed by atoms with van der Waals surface area (Å²) in [7, 11) is 3.36. The van der Waals surface area contributed by atoms with Gasteiger partial charge in [0.15, 0.2) is 5.82 Å². The molecule has 4 aliphatic rings. The number of rotatable bonds is 12. The number of carbonyl (C=O) groups excluding carboxylic acids is 3. The van der Waals surface area contributed by atoms with Crippen molar-refractivity contribution in [3.05, 3.63) is 30.0 Å². The van der Waals surface area contributed by atoms with Gasteiger partial charge in [-0.15, -0.1) is 0 Å². The number of piperidine rings is 1. The lowest BCUT2D eigenvalue weighted by atomic mass is 9.97. The zero-order chi connectivity index (χ0) is 35.4. The number of fused-ring (bicyclic) bond motifs is 1. The number of anilines is 4. The summed E-state index contributed by atoms with van der Waals surface area (Å²) in [5, 5.41) is 6.48. The number of hydrogen-bond acceptors (Lipinski definition) is 11. The van der Waals surface area contributed by atoms with Crippen molar-refractivity contribution < 1.29 is 23.9 Å². The summed E-state index contributed by atoms with van der Waals surface area (Å²) in [6.45, 7) is 6.14. The van der Waals surface area contributed by atoms with Crippen LogP contribution in [0.25, 0.3) is 0 Å². The lowest BCUT2D eigenvalue weighted by molar-refractivity contribution is -0.155. The molecule has 3 heterocycles. The number of likely N-dealkylation sites (N-methyl/N-ethyl adjacent to an activating group) is 1. The first-order chi connectivity index (χ1) is 24.1. The maximum atomic E-state index is 13.3. The standard InChI is InChI=1S/C37H54N8O5/c1-5-29-34(47)43(3)30-23-39-36(42-32(30)45(29)26-10-6-7-11-26)41-28-15-14-24(22-31(28)49-4)33(46)40-25-16-19-44(20-17-25)21-18-37(2,38)35(48)50-27-12-8-9-13-27/h14-15,22-23,25-27,29H,5-13,16-21,38H2,1-4H3,(H,40,46)(H,39,41,42)/t29-,37+/m1/s1. The Labute approximate surface area is 295 Å². The zero-order valence-electron chi connectivity index (χ0n) is 30.1. The van der Waals surface area contributed by atoms with Gasteiger partial charge in [-0.05, 0) is 89.3 Å². The van der Waals surface area contributed by atoms with E-state index in [1.165, 1.54) is 0 Å². The number of esters is 1. The number of nitrogens with zero attached hydrogens (tertiary/aromatic N) is 5. The molecule has 2 aliphatic carbocycles. The fourth-order valence-electron chi connectivity index (χ4n) is 7.85. The van der Waals surface area contributed by atoms with Gasteiger partial charge >= 0.3 is 5.97 Å². The minimum Gasteiger partial charge on any atom is -0.495 e. The quantitative estimate of drug-likeness (QED) is 0.269. The Bertz CT molecular complexity index is 1530. The summed E-state index contributed by atoms with van der Waals surface area (Å²) < 4.78 is 11.4. The number of amides is 2. The van der Waals surface area contributed by atoms with Gasteiger partial charge in [0, 0.05) is 44.3 Å². The van der Waals surface area contributed by atoms with Crippen LogP contribution in [0.3, 0.4) is 0 Å². The maximum absolute atomic E-state index is 13.3. The van der Waals surface area contributed by atoms with Crippen LogP contribution in [-0.4, -0.2) is 96.2 Å². The smallest absolute Gasteiger partial charge is 0.326 e. The second-order valence-corrected chi connectivity index (χ2v) is 14.7. The number of likely N-dealkylation sites (tertiary alicyclic amines) is 1. The van der Waals surface area contributed by atoms with Gasteiger partial charge in [-0.2, -0.15) is 4.98 Å². The van der Waals surface area contributed by atoms with E-state index in [1.54, 1.807) is 50.4 Å². The largest absolute Gasteiger partial charge is 0.495 e. The number of methoxy groups -OCH3 is 1. The van der Waals surface area contributed by atoms with E-state index >= 15 is 0 Å². The molecule has 6 rings (SSSR count). The molecule has 50 heavy (non-hydrogen) atoms. The van der Waals surface area contributed by atoms with E-state index < -0.39 is 5.54 Å². The average molecular weight is 691 g/mol. The highest BCUT2D eigenvalue weighted by atomic mass is 16.5. The summed E-state index contributed by atoms with van der Waals surface area (Å²) in [6.07, 6.45) is 13.0. The van der Waals surface area contributed by atoms with Crippen LogP contribution >= 0.6 is 0 Å². The average Bonchev–Trinajstić information content (AvgIpc) is 3.85. The first-order valence-corrected chi connectivity index (χ1v) is 18.5. The molecule has 2 amide bonds. The van der Waals surface area contributed by atoms with Crippen LogP contribution < -0.4 is 30.9 Å². The van der Waals surface area contributed by atoms with Crippen molar-refractivity contribution in [1.82, 2.24) is 20.2 Å². The molecule has 0 spiro atoms. The fourth-order valence-corrected chi connectivity index (χ4v) is 7.85. The van der Waals surface area contributed by atoms with E-state index in [4.69, 9.17) is 20.2 Å². The predicted octanol–water partition coefficient (Wildman–Crippen LogP) is 4.52. The lowest BCUT2D eigenvalue weighted by Crippen LogP contribution is -2.55. The van der Waals surface area contributed by atoms with Crippen LogP contribution in [0.5, 0.6) is 5.75 Å². The molecule has 2 aliphatic heterocycles. The monoisotopic (exact) mass is 690 g/mol. The molecule has 0 radical (unpaired) electrons. The molecule has 2 atom stereocenters. The number of aromatic nitrogens is 2. The zero-order valence-corrected chi connectivity index (χ0v) is 30.1. The third kappa shape index (κ3) is 7.83. The Morgan fingerprint density at radius 3 is 2.44 bits per heavy atom. The molecule has 0 unspecified atom stereocenters. The first kappa shape index (κ1) is 35.8. The highest BCUT2D eigenvalue weighted by Crippen LogP contribution is 2.40. The van der Waals surface area contributed by atoms with Crippen LogP contribution in [-0.2, 0) is 14.3 Å². The van der Waals surface area contributed by atoms with E-state index in [2.05, 4.69) is 25.4 Å². The van der Waals surface area contributed by atoms with Gasteiger partial charge in [0.25, 0.3) is 5.91 Å². The van der Waals surface area contributed by atoms with Crippen molar-refractivity contribution in [2.24, 2.45) is 5.73 Å². The van der Waals surface area contributed by atoms with Gasteiger partial charge in [-0.3, -0.25) is 14.4 Å².